The number of hydrogen-bond acceptors (Lipinski definition) is 7. The quantitative estimate of drug-likeness (QED) is 0.557. The van der Waals surface area contributed by atoms with Crippen molar-refractivity contribution in [2.45, 2.75) is 25.0 Å². The highest BCUT2D eigenvalue weighted by atomic mass is 32.2. The highest BCUT2D eigenvalue weighted by Crippen LogP contribution is 2.38. The number of rotatable bonds is 5. The lowest BCUT2D eigenvalue weighted by atomic mass is 10.1. The maximum Gasteiger partial charge on any atom is 0.534 e. The third-order valence-corrected chi connectivity index (χ3v) is 4.81. The van der Waals surface area contributed by atoms with Gasteiger partial charge >= 0.3 is 15.6 Å². The molecule has 2 aromatic rings. The second kappa shape index (κ2) is 7.04. The van der Waals surface area contributed by atoms with E-state index >= 15 is 0 Å². The minimum Gasteiger partial charge on any atom is -0.493 e. The van der Waals surface area contributed by atoms with Crippen molar-refractivity contribution in [1.82, 2.24) is 4.98 Å². The number of nitrogens with zero attached hydrogens (tertiary/aromatic N) is 1. The average molecular weight is 407 g/mol. The van der Waals surface area contributed by atoms with E-state index in [-0.39, 0.29) is 28.5 Å². The van der Waals surface area contributed by atoms with Gasteiger partial charge in [0.1, 0.15) is 6.10 Å². The first-order chi connectivity index (χ1) is 12.6. The molecule has 148 valence electrons. The molecule has 0 saturated carbocycles. The molecule has 1 fully saturated rings. The summed E-state index contributed by atoms with van der Waals surface area (Å²) in [6.07, 6.45) is 0.386. The zero-order valence-corrected chi connectivity index (χ0v) is 15.2. The maximum atomic E-state index is 12.7. The molecular formula is C16H16F3NO6S. The normalized spacial score (nSPS) is 17.9. The van der Waals surface area contributed by atoms with Crippen LogP contribution in [-0.2, 0) is 14.9 Å². The lowest BCUT2D eigenvalue weighted by molar-refractivity contribution is -0.0499. The van der Waals surface area contributed by atoms with Crippen molar-refractivity contribution in [3.05, 3.63) is 23.9 Å². The molecule has 1 unspecified atom stereocenters. The Morgan fingerprint density at radius 1 is 1.19 bits per heavy atom. The molecule has 27 heavy (non-hydrogen) atoms. The molecule has 0 N–H and O–H groups in total. The summed E-state index contributed by atoms with van der Waals surface area (Å²) in [5, 5.41) is 0.0446. The summed E-state index contributed by atoms with van der Waals surface area (Å²) < 4.78 is 81.6. The van der Waals surface area contributed by atoms with Gasteiger partial charge in [0.05, 0.1) is 25.8 Å². The molecule has 1 saturated heterocycles. The minimum atomic E-state index is -5.83. The van der Waals surface area contributed by atoms with Crippen LogP contribution < -0.4 is 13.7 Å². The molecule has 7 nitrogen and oxygen atoms in total. The summed E-state index contributed by atoms with van der Waals surface area (Å²) in [7, 11) is -4.43. The van der Waals surface area contributed by atoms with Crippen molar-refractivity contribution in [2.24, 2.45) is 0 Å². The second-order valence-corrected chi connectivity index (χ2v) is 7.41. The maximum absolute atomic E-state index is 12.7. The first kappa shape index (κ1) is 19.5. The highest BCUT2D eigenvalue weighted by Gasteiger charge is 2.48. The summed E-state index contributed by atoms with van der Waals surface area (Å²) >= 11 is 0. The van der Waals surface area contributed by atoms with Gasteiger partial charge in [0.25, 0.3) is 0 Å². The van der Waals surface area contributed by atoms with E-state index in [1.807, 2.05) is 0 Å². The zero-order valence-electron chi connectivity index (χ0n) is 14.4. The summed E-state index contributed by atoms with van der Waals surface area (Å²) in [5.41, 5.74) is -5.08. The van der Waals surface area contributed by atoms with Crippen molar-refractivity contribution in [1.29, 1.82) is 0 Å². The van der Waals surface area contributed by atoms with Crippen LogP contribution in [0.1, 0.15) is 12.1 Å². The van der Waals surface area contributed by atoms with Crippen LogP contribution in [0.2, 0.25) is 0 Å². The van der Waals surface area contributed by atoms with Crippen molar-refractivity contribution in [2.75, 3.05) is 20.3 Å². The van der Waals surface area contributed by atoms with E-state index in [1.54, 1.807) is 0 Å². The fourth-order valence-corrected chi connectivity index (χ4v) is 3.07. The first-order valence-corrected chi connectivity index (χ1v) is 9.26. The number of benzene rings is 1. The Kier molecular flexibility index (Phi) is 5.08. The predicted octanol–water partition coefficient (Wildman–Crippen LogP) is 2.95. The van der Waals surface area contributed by atoms with E-state index in [0.717, 1.165) is 6.07 Å². The molecule has 1 aromatic heterocycles. The molecule has 0 bridgehead atoms. The Labute approximate surface area is 153 Å². The Morgan fingerprint density at radius 2 is 1.93 bits per heavy atom. The van der Waals surface area contributed by atoms with Crippen LogP contribution in [0.15, 0.2) is 18.2 Å². The van der Waals surface area contributed by atoms with E-state index in [1.165, 1.54) is 26.2 Å². The zero-order chi connectivity index (χ0) is 19.8. The number of fused-ring (bicyclic) bond motifs is 1. The third-order valence-electron chi connectivity index (χ3n) is 3.85. The van der Waals surface area contributed by atoms with Crippen LogP contribution in [-0.4, -0.2) is 45.3 Å². The van der Waals surface area contributed by atoms with Crippen LogP contribution in [0.4, 0.5) is 13.2 Å². The molecule has 0 aliphatic carbocycles. The minimum absolute atomic E-state index is 0.0446. The largest absolute Gasteiger partial charge is 0.534 e. The monoisotopic (exact) mass is 407 g/mol. The van der Waals surface area contributed by atoms with Gasteiger partial charge in [-0.1, -0.05) is 0 Å². The number of alkyl halides is 3. The Bertz CT molecular complexity index is 955. The number of ether oxygens (including phenoxy) is 3. The van der Waals surface area contributed by atoms with Crippen LogP contribution in [0.5, 0.6) is 17.2 Å². The molecule has 0 amide bonds. The molecular weight excluding hydrogens is 391 g/mol. The lowest BCUT2D eigenvalue weighted by Crippen LogP contribution is -2.28. The number of pyridine rings is 1. The van der Waals surface area contributed by atoms with E-state index in [4.69, 9.17) is 14.2 Å². The molecule has 1 aromatic carbocycles. The Balaban J connectivity index is 2.10. The first-order valence-electron chi connectivity index (χ1n) is 7.85. The summed E-state index contributed by atoms with van der Waals surface area (Å²) in [5.74, 6) is 0.0301. The smallest absolute Gasteiger partial charge is 0.493 e. The van der Waals surface area contributed by atoms with Gasteiger partial charge in [-0.05, 0) is 13.0 Å². The van der Waals surface area contributed by atoms with E-state index in [9.17, 15) is 21.6 Å². The lowest BCUT2D eigenvalue weighted by Gasteiger charge is -2.17. The van der Waals surface area contributed by atoms with Crippen molar-refractivity contribution >= 4 is 21.0 Å². The van der Waals surface area contributed by atoms with Gasteiger partial charge in [-0.2, -0.15) is 21.6 Å². The van der Waals surface area contributed by atoms with Gasteiger partial charge in [0.15, 0.2) is 17.2 Å². The average Bonchev–Trinajstić information content (AvgIpc) is 3.06. The van der Waals surface area contributed by atoms with Gasteiger partial charge in [-0.3, -0.25) is 4.98 Å². The number of aryl methyl sites for hydroxylation is 1. The molecule has 3 rings (SSSR count). The van der Waals surface area contributed by atoms with Gasteiger partial charge < -0.3 is 18.4 Å². The van der Waals surface area contributed by atoms with Gasteiger partial charge in [-0.25, -0.2) is 0 Å². The van der Waals surface area contributed by atoms with Gasteiger partial charge in [0.2, 0.25) is 0 Å². The molecule has 2 heterocycles. The number of methoxy groups -OCH3 is 1. The molecule has 1 aliphatic heterocycles. The van der Waals surface area contributed by atoms with Crippen molar-refractivity contribution in [3.63, 3.8) is 0 Å². The van der Waals surface area contributed by atoms with Crippen LogP contribution in [0.25, 0.3) is 10.9 Å². The second-order valence-electron chi connectivity index (χ2n) is 5.87. The molecule has 0 spiro atoms. The van der Waals surface area contributed by atoms with Gasteiger partial charge in [-0.15, -0.1) is 0 Å². The van der Waals surface area contributed by atoms with Crippen molar-refractivity contribution < 1.29 is 40.0 Å². The Morgan fingerprint density at radius 3 is 2.52 bits per heavy atom. The molecule has 11 heteroatoms. The van der Waals surface area contributed by atoms with Crippen LogP contribution in [0.3, 0.4) is 0 Å². The highest BCUT2D eigenvalue weighted by molar-refractivity contribution is 7.88. The third kappa shape index (κ3) is 4.03. The van der Waals surface area contributed by atoms with Gasteiger partial charge in [0, 0.05) is 29.6 Å². The standard InChI is InChI=1S/C16H16F3NO6S/c1-9-5-13(26-27(21,22)16(17,18)19)11-6-15(25-10-3-4-24-8-10)14(23-2)7-12(11)20-9/h5-7,10H,3-4,8H2,1-2H3. The number of halogens is 3. The summed E-state index contributed by atoms with van der Waals surface area (Å²) in [6, 6.07) is 3.90. The summed E-state index contributed by atoms with van der Waals surface area (Å²) in [6.45, 7) is 2.39. The van der Waals surface area contributed by atoms with Crippen LogP contribution >= 0.6 is 0 Å². The number of hydrogen-bond donors (Lipinski definition) is 0. The molecule has 0 radical (unpaired) electrons. The Hall–Kier alpha value is -2.27. The fourth-order valence-electron chi connectivity index (χ4n) is 2.60. The van der Waals surface area contributed by atoms with E-state index in [0.29, 0.717) is 25.4 Å². The van der Waals surface area contributed by atoms with E-state index in [2.05, 4.69) is 9.17 Å². The van der Waals surface area contributed by atoms with E-state index < -0.39 is 21.4 Å². The van der Waals surface area contributed by atoms with Crippen LogP contribution in [0, 0.1) is 6.92 Å². The fraction of sp³-hybridized carbons (Fsp3) is 0.438. The predicted molar refractivity (Wildman–Crippen MR) is 88.5 cm³/mol. The van der Waals surface area contributed by atoms with Crippen molar-refractivity contribution in [3.8, 4) is 17.2 Å². The SMILES string of the molecule is COc1cc2nc(C)cc(OS(=O)(=O)C(F)(F)F)c2cc1OC1CCOC1. The molecule has 1 aliphatic rings. The topological polar surface area (TPSA) is 84.0 Å². The summed E-state index contributed by atoms with van der Waals surface area (Å²) in [4.78, 5) is 4.19. The molecule has 1 atom stereocenters. The number of aromatic nitrogens is 1.